The molecule has 6 nitrogen and oxygen atoms in total. The summed E-state index contributed by atoms with van der Waals surface area (Å²) < 4.78 is 2.13. The Hall–Kier alpha value is -1.95. The van der Waals surface area contributed by atoms with E-state index in [4.69, 9.17) is 0 Å². The van der Waals surface area contributed by atoms with E-state index in [-0.39, 0.29) is 0 Å². The first-order valence-electron chi connectivity index (χ1n) is 9.50. The van der Waals surface area contributed by atoms with Gasteiger partial charge in [-0.1, -0.05) is 0 Å². The fourth-order valence-corrected chi connectivity index (χ4v) is 4.49. The van der Waals surface area contributed by atoms with Crippen molar-refractivity contribution in [2.45, 2.75) is 25.2 Å². The van der Waals surface area contributed by atoms with Gasteiger partial charge in [0.2, 0.25) is 0 Å². The number of fused-ring (bicyclic) bond motifs is 1. The predicted octanol–water partition coefficient (Wildman–Crippen LogP) is 1.70. The van der Waals surface area contributed by atoms with Gasteiger partial charge >= 0.3 is 0 Å². The van der Waals surface area contributed by atoms with E-state index in [1.165, 1.54) is 37.3 Å². The lowest BCUT2D eigenvalue weighted by Gasteiger charge is -2.22. The Morgan fingerprint density at radius 1 is 1.08 bits per heavy atom. The Morgan fingerprint density at radius 2 is 1.88 bits per heavy atom. The molecule has 1 saturated carbocycles. The highest BCUT2D eigenvalue weighted by molar-refractivity contribution is 5.42. The van der Waals surface area contributed by atoms with Gasteiger partial charge in [0.1, 0.15) is 12.1 Å². The van der Waals surface area contributed by atoms with Crippen LogP contribution in [0.4, 0.5) is 5.82 Å². The molecular formula is C19H26N6. The molecule has 0 bridgehead atoms. The Bertz CT molecular complexity index is 738. The lowest BCUT2D eigenvalue weighted by atomic mass is 10.0. The molecule has 3 aliphatic rings. The molecule has 6 heteroatoms. The molecule has 0 radical (unpaired) electrons. The monoisotopic (exact) mass is 338 g/mol. The predicted molar refractivity (Wildman–Crippen MR) is 96.6 cm³/mol. The number of likely N-dealkylation sites (tertiary alicyclic amines) is 1. The van der Waals surface area contributed by atoms with Crippen molar-refractivity contribution in [1.29, 1.82) is 0 Å². The van der Waals surface area contributed by atoms with Crippen LogP contribution in [0, 0.1) is 11.8 Å². The largest absolute Gasteiger partial charge is 0.356 e. The average molecular weight is 338 g/mol. The summed E-state index contributed by atoms with van der Waals surface area (Å²) in [5, 5.41) is 0. The van der Waals surface area contributed by atoms with Crippen LogP contribution in [-0.2, 0) is 13.5 Å². The highest BCUT2D eigenvalue weighted by Crippen LogP contribution is 2.40. The van der Waals surface area contributed by atoms with Crippen LogP contribution in [0.3, 0.4) is 0 Å². The van der Waals surface area contributed by atoms with Gasteiger partial charge in [0.05, 0.1) is 6.33 Å². The third kappa shape index (κ3) is 3.03. The van der Waals surface area contributed by atoms with Crippen LogP contribution in [0.2, 0.25) is 0 Å². The summed E-state index contributed by atoms with van der Waals surface area (Å²) in [6, 6.07) is 2.24. The van der Waals surface area contributed by atoms with Gasteiger partial charge in [0.25, 0.3) is 0 Å². The van der Waals surface area contributed by atoms with Gasteiger partial charge in [0, 0.05) is 75.8 Å². The second-order valence-electron chi connectivity index (χ2n) is 8.01. The summed E-state index contributed by atoms with van der Waals surface area (Å²) in [6.07, 6.45) is 9.34. The Labute approximate surface area is 148 Å². The van der Waals surface area contributed by atoms with E-state index in [2.05, 4.69) is 42.4 Å². The van der Waals surface area contributed by atoms with Crippen molar-refractivity contribution in [3.8, 4) is 0 Å². The van der Waals surface area contributed by atoms with E-state index < -0.39 is 0 Å². The molecule has 2 aromatic rings. The van der Waals surface area contributed by atoms with Crippen molar-refractivity contribution < 1.29 is 0 Å². The number of rotatable bonds is 5. The summed E-state index contributed by atoms with van der Waals surface area (Å²) in [7, 11) is 2.08. The minimum Gasteiger partial charge on any atom is -0.356 e. The molecule has 2 aliphatic heterocycles. The van der Waals surface area contributed by atoms with Crippen LogP contribution in [0.5, 0.6) is 0 Å². The molecule has 3 fully saturated rings. The van der Waals surface area contributed by atoms with Crippen LogP contribution >= 0.6 is 0 Å². The van der Waals surface area contributed by atoms with Crippen LogP contribution < -0.4 is 4.90 Å². The van der Waals surface area contributed by atoms with E-state index in [1.807, 2.05) is 12.5 Å². The van der Waals surface area contributed by atoms with Crippen LogP contribution in [0.15, 0.2) is 24.9 Å². The van der Waals surface area contributed by atoms with E-state index in [9.17, 15) is 0 Å². The second kappa shape index (κ2) is 6.09. The van der Waals surface area contributed by atoms with Gasteiger partial charge in [0.15, 0.2) is 0 Å². The fraction of sp³-hybridized carbons (Fsp3) is 0.632. The SMILES string of the molecule is Cn1cncc1CCN1CC2CN(c3cc(C4CC4)ncn3)CC2C1. The van der Waals surface area contributed by atoms with Crippen molar-refractivity contribution in [2.24, 2.45) is 18.9 Å². The molecule has 132 valence electrons. The van der Waals surface area contributed by atoms with E-state index >= 15 is 0 Å². The van der Waals surface area contributed by atoms with Crippen molar-refractivity contribution in [3.63, 3.8) is 0 Å². The number of imidazole rings is 1. The third-order valence-electron chi connectivity index (χ3n) is 6.16. The van der Waals surface area contributed by atoms with Crippen molar-refractivity contribution in [2.75, 3.05) is 37.6 Å². The van der Waals surface area contributed by atoms with E-state index in [0.29, 0.717) is 5.92 Å². The zero-order valence-corrected chi connectivity index (χ0v) is 14.9. The first-order valence-corrected chi connectivity index (χ1v) is 9.50. The molecule has 0 aromatic carbocycles. The Kier molecular flexibility index (Phi) is 3.73. The topological polar surface area (TPSA) is 50.1 Å². The molecular weight excluding hydrogens is 312 g/mol. The quantitative estimate of drug-likeness (QED) is 0.830. The number of hydrogen-bond acceptors (Lipinski definition) is 5. The number of anilines is 1. The Morgan fingerprint density at radius 3 is 2.56 bits per heavy atom. The molecule has 2 aromatic heterocycles. The fourth-order valence-electron chi connectivity index (χ4n) is 4.49. The summed E-state index contributed by atoms with van der Waals surface area (Å²) in [6.45, 7) is 5.88. The minimum absolute atomic E-state index is 0.700. The highest BCUT2D eigenvalue weighted by atomic mass is 15.3. The molecule has 2 unspecified atom stereocenters. The molecule has 1 aliphatic carbocycles. The molecule has 0 spiro atoms. The smallest absolute Gasteiger partial charge is 0.132 e. The zero-order chi connectivity index (χ0) is 16.8. The van der Waals surface area contributed by atoms with Crippen LogP contribution in [-0.4, -0.2) is 57.1 Å². The molecule has 25 heavy (non-hydrogen) atoms. The zero-order valence-electron chi connectivity index (χ0n) is 14.9. The maximum absolute atomic E-state index is 4.55. The minimum atomic E-state index is 0.700. The van der Waals surface area contributed by atoms with Gasteiger partial charge in [-0.25, -0.2) is 15.0 Å². The summed E-state index contributed by atoms with van der Waals surface area (Å²) in [4.78, 5) is 18.3. The standard InChI is InChI=1S/C19H26N6/c1-23-13-20-7-17(23)4-5-24-8-15-10-25(11-16(15)9-24)19-6-18(14-2-3-14)21-12-22-19/h6-7,12-16H,2-5,8-11H2,1H3. The molecule has 2 atom stereocenters. The lowest BCUT2D eigenvalue weighted by Crippen LogP contribution is -2.30. The van der Waals surface area contributed by atoms with E-state index in [0.717, 1.165) is 43.7 Å². The summed E-state index contributed by atoms with van der Waals surface area (Å²) in [5.41, 5.74) is 2.58. The number of aryl methyl sites for hydroxylation is 1. The highest BCUT2D eigenvalue weighted by Gasteiger charge is 2.40. The average Bonchev–Trinajstić information content (AvgIpc) is 3.11. The second-order valence-corrected chi connectivity index (χ2v) is 8.01. The molecule has 4 heterocycles. The number of hydrogen-bond donors (Lipinski definition) is 0. The number of nitrogens with zero attached hydrogens (tertiary/aromatic N) is 6. The van der Waals surface area contributed by atoms with Crippen molar-refractivity contribution >= 4 is 5.82 Å². The van der Waals surface area contributed by atoms with Gasteiger partial charge in [-0.05, 0) is 24.7 Å². The van der Waals surface area contributed by atoms with Gasteiger partial charge in [-0.3, -0.25) is 0 Å². The van der Waals surface area contributed by atoms with E-state index in [1.54, 1.807) is 6.33 Å². The first-order chi connectivity index (χ1) is 12.3. The molecule has 2 saturated heterocycles. The van der Waals surface area contributed by atoms with Gasteiger partial charge in [-0.2, -0.15) is 0 Å². The molecule has 0 amide bonds. The van der Waals surface area contributed by atoms with Gasteiger partial charge < -0.3 is 14.4 Å². The summed E-state index contributed by atoms with van der Waals surface area (Å²) >= 11 is 0. The summed E-state index contributed by atoms with van der Waals surface area (Å²) in [5.74, 6) is 3.41. The first kappa shape index (κ1) is 15.3. The van der Waals surface area contributed by atoms with Crippen LogP contribution in [0.25, 0.3) is 0 Å². The van der Waals surface area contributed by atoms with Crippen molar-refractivity contribution in [3.05, 3.63) is 36.3 Å². The third-order valence-corrected chi connectivity index (χ3v) is 6.16. The normalized spacial score (nSPS) is 26.4. The van der Waals surface area contributed by atoms with Crippen molar-refractivity contribution in [1.82, 2.24) is 24.4 Å². The lowest BCUT2D eigenvalue weighted by molar-refractivity contribution is 0.318. The molecule has 0 N–H and O–H groups in total. The molecule has 5 rings (SSSR count). The maximum Gasteiger partial charge on any atom is 0.132 e. The maximum atomic E-state index is 4.55. The number of aromatic nitrogens is 4. The van der Waals surface area contributed by atoms with Gasteiger partial charge in [-0.15, -0.1) is 0 Å². The van der Waals surface area contributed by atoms with Crippen LogP contribution in [0.1, 0.15) is 30.1 Å². The Balaban J connectivity index is 1.18.